The fraction of sp³-hybridized carbons (Fsp3) is 0.286. The average Bonchev–Trinajstić information content (AvgIpc) is 3.43. The summed E-state index contributed by atoms with van der Waals surface area (Å²) in [6.07, 6.45) is -0.0897. The first kappa shape index (κ1) is 23.7. The number of hydrogen-bond donors (Lipinski definition) is 0. The Kier molecular flexibility index (Phi) is 6.52. The van der Waals surface area contributed by atoms with Crippen LogP contribution >= 0.6 is 0 Å². The number of hydrogen-bond acceptors (Lipinski definition) is 7. The molecule has 0 spiro atoms. The number of imide groups is 1. The molecule has 0 aliphatic carbocycles. The minimum atomic E-state index is -0.977. The van der Waals surface area contributed by atoms with Gasteiger partial charge in [-0.25, -0.2) is 9.96 Å². The number of anilines is 2. The van der Waals surface area contributed by atoms with Crippen molar-refractivity contribution in [2.24, 2.45) is 5.92 Å². The number of amides is 2. The molecule has 2 aliphatic rings. The maximum absolute atomic E-state index is 13.9. The van der Waals surface area contributed by atoms with Crippen molar-refractivity contribution >= 4 is 23.2 Å². The van der Waals surface area contributed by atoms with Gasteiger partial charge in [-0.15, -0.1) is 0 Å². The maximum atomic E-state index is 13.9. The van der Waals surface area contributed by atoms with Gasteiger partial charge in [-0.3, -0.25) is 14.4 Å². The third-order valence-electron chi connectivity index (χ3n) is 6.45. The van der Waals surface area contributed by atoms with Crippen LogP contribution in [0.5, 0.6) is 17.2 Å². The normalized spacial score (nSPS) is 21.0. The zero-order chi connectivity index (χ0) is 25.2. The van der Waals surface area contributed by atoms with Gasteiger partial charge in [0.2, 0.25) is 5.91 Å². The smallest absolute Gasteiger partial charge is 0.266 e. The fourth-order valence-electron chi connectivity index (χ4n) is 4.77. The number of rotatable bonds is 8. The third kappa shape index (κ3) is 4.03. The van der Waals surface area contributed by atoms with Crippen molar-refractivity contribution in [2.75, 3.05) is 30.8 Å². The van der Waals surface area contributed by atoms with Gasteiger partial charge in [-0.2, -0.15) is 0 Å². The Morgan fingerprint density at radius 2 is 1.56 bits per heavy atom. The molecular formula is C28H28N2O6. The summed E-state index contributed by atoms with van der Waals surface area (Å²) in [6.45, 7) is 2.62. The first-order valence-electron chi connectivity index (χ1n) is 11.9. The van der Waals surface area contributed by atoms with Gasteiger partial charge < -0.3 is 14.2 Å². The van der Waals surface area contributed by atoms with Crippen LogP contribution in [0.15, 0.2) is 72.8 Å². The lowest BCUT2D eigenvalue weighted by Gasteiger charge is -2.29. The minimum Gasteiger partial charge on any atom is -0.497 e. The molecular weight excluding hydrogens is 460 g/mol. The van der Waals surface area contributed by atoms with Crippen LogP contribution in [0, 0.1) is 5.92 Å². The van der Waals surface area contributed by atoms with E-state index >= 15 is 0 Å². The topological polar surface area (TPSA) is 77.5 Å². The predicted molar refractivity (Wildman–Crippen MR) is 134 cm³/mol. The Bertz CT molecular complexity index is 1250. The van der Waals surface area contributed by atoms with Gasteiger partial charge in [-0.05, 0) is 61.0 Å². The van der Waals surface area contributed by atoms with Gasteiger partial charge in [0.05, 0.1) is 32.2 Å². The number of fused-ring (bicyclic) bond motifs is 1. The van der Waals surface area contributed by atoms with Crippen LogP contribution in [-0.2, 0) is 14.4 Å². The summed E-state index contributed by atoms with van der Waals surface area (Å²) in [4.78, 5) is 34.8. The van der Waals surface area contributed by atoms with Crippen molar-refractivity contribution in [3.8, 4) is 17.2 Å². The van der Waals surface area contributed by atoms with Crippen molar-refractivity contribution in [1.29, 1.82) is 0 Å². The van der Waals surface area contributed by atoms with E-state index in [1.807, 2.05) is 43.3 Å². The number of hydroxylamine groups is 1. The number of carbonyl (C=O) groups is 2. The molecule has 2 heterocycles. The van der Waals surface area contributed by atoms with Gasteiger partial charge in [0, 0.05) is 5.56 Å². The highest BCUT2D eigenvalue weighted by atomic mass is 16.7. The Morgan fingerprint density at radius 3 is 2.22 bits per heavy atom. The van der Waals surface area contributed by atoms with E-state index in [0.29, 0.717) is 35.1 Å². The average molecular weight is 489 g/mol. The predicted octanol–water partition coefficient (Wildman–Crippen LogP) is 4.54. The van der Waals surface area contributed by atoms with Crippen LogP contribution in [0.4, 0.5) is 11.4 Å². The number of para-hydroxylation sites is 1. The molecule has 0 radical (unpaired) electrons. The van der Waals surface area contributed by atoms with E-state index in [9.17, 15) is 9.59 Å². The van der Waals surface area contributed by atoms with E-state index in [2.05, 4.69) is 0 Å². The maximum Gasteiger partial charge on any atom is 0.266 e. The second-order valence-corrected chi connectivity index (χ2v) is 8.62. The molecule has 2 amide bonds. The Hall–Kier alpha value is -4.04. The molecule has 0 bridgehead atoms. The van der Waals surface area contributed by atoms with Crippen LogP contribution in [0.2, 0.25) is 0 Å². The zero-order valence-corrected chi connectivity index (χ0v) is 20.4. The Balaban J connectivity index is 1.55. The number of benzene rings is 3. The summed E-state index contributed by atoms with van der Waals surface area (Å²) < 4.78 is 16.7. The van der Waals surface area contributed by atoms with E-state index in [0.717, 1.165) is 12.1 Å². The number of ether oxygens (including phenoxy) is 3. The summed E-state index contributed by atoms with van der Waals surface area (Å²) in [5, 5.41) is 1.64. The Labute approximate surface area is 209 Å². The molecule has 0 unspecified atom stereocenters. The fourth-order valence-corrected chi connectivity index (χ4v) is 4.77. The second-order valence-electron chi connectivity index (χ2n) is 8.62. The highest BCUT2D eigenvalue weighted by molar-refractivity contribution is 6.24. The number of nitrogens with zero attached hydrogens (tertiary/aromatic N) is 2. The van der Waals surface area contributed by atoms with E-state index in [-0.39, 0.29) is 5.91 Å². The van der Waals surface area contributed by atoms with Gasteiger partial charge >= 0.3 is 0 Å². The molecule has 0 aromatic heterocycles. The van der Waals surface area contributed by atoms with Gasteiger partial charge in [0.25, 0.3) is 5.91 Å². The lowest BCUT2D eigenvalue weighted by atomic mass is 9.89. The molecule has 3 aromatic carbocycles. The molecule has 3 aromatic rings. The molecule has 0 saturated carbocycles. The summed E-state index contributed by atoms with van der Waals surface area (Å²) in [6, 6.07) is 21.2. The summed E-state index contributed by atoms with van der Waals surface area (Å²) in [5.74, 6) is 0.346. The Morgan fingerprint density at radius 1 is 0.833 bits per heavy atom. The lowest BCUT2D eigenvalue weighted by molar-refractivity contribution is -0.126. The van der Waals surface area contributed by atoms with E-state index in [1.165, 1.54) is 4.90 Å². The first-order valence-corrected chi connectivity index (χ1v) is 11.9. The molecule has 36 heavy (non-hydrogen) atoms. The van der Waals surface area contributed by atoms with Crippen molar-refractivity contribution in [2.45, 2.75) is 25.5 Å². The van der Waals surface area contributed by atoms with Crippen LogP contribution in [0.3, 0.4) is 0 Å². The summed E-state index contributed by atoms with van der Waals surface area (Å²) in [7, 11) is 3.15. The van der Waals surface area contributed by atoms with E-state index < -0.39 is 24.0 Å². The molecule has 2 aliphatic heterocycles. The molecule has 186 valence electrons. The summed E-state index contributed by atoms with van der Waals surface area (Å²) >= 11 is 0. The quantitative estimate of drug-likeness (QED) is 0.431. The van der Waals surface area contributed by atoms with Crippen molar-refractivity contribution in [1.82, 2.24) is 0 Å². The largest absolute Gasteiger partial charge is 0.497 e. The van der Waals surface area contributed by atoms with Gasteiger partial charge in [0.15, 0.2) is 6.10 Å². The number of methoxy groups -OCH3 is 2. The number of carbonyl (C=O) groups excluding carboxylic acids is 2. The second kappa shape index (κ2) is 9.91. The van der Waals surface area contributed by atoms with Gasteiger partial charge in [-0.1, -0.05) is 25.1 Å². The van der Waals surface area contributed by atoms with Crippen LogP contribution in [0.25, 0.3) is 0 Å². The summed E-state index contributed by atoms with van der Waals surface area (Å²) in [5.41, 5.74) is 1.90. The van der Waals surface area contributed by atoms with Crippen molar-refractivity contribution < 1.29 is 28.6 Å². The molecule has 2 fully saturated rings. The first-order chi connectivity index (χ1) is 17.6. The SMILES string of the molecule is CCCOc1ccc(N2C(=O)[C@H]3[C@@H](c4cc(OC)ccc4OC)N(c4ccccc4)O[C@H]3C2=O)cc1. The highest BCUT2D eigenvalue weighted by Gasteiger charge is 2.60. The lowest BCUT2D eigenvalue weighted by Crippen LogP contribution is -2.37. The zero-order valence-electron chi connectivity index (χ0n) is 20.4. The van der Waals surface area contributed by atoms with Crippen LogP contribution in [0.1, 0.15) is 24.9 Å². The molecule has 3 atom stereocenters. The van der Waals surface area contributed by atoms with Crippen LogP contribution < -0.4 is 24.2 Å². The minimum absolute atomic E-state index is 0.333. The molecule has 8 nitrogen and oxygen atoms in total. The van der Waals surface area contributed by atoms with Crippen molar-refractivity contribution in [3.63, 3.8) is 0 Å². The third-order valence-corrected chi connectivity index (χ3v) is 6.45. The van der Waals surface area contributed by atoms with E-state index in [1.54, 1.807) is 55.7 Å². The molecule has 0 N–H and O–H groups in total. The standard InChI is InChI=1S/C28H28N2O6/c1-4-16-35-20-12-10-18(11-13-20)29-27(31)24-25(22-17-21(33-2)14-15-23(22)34-3)30(36-26(24)28(29)32)19-8-6-5-7-9-19/h5-15,17,24-26H,4,16H2,1-3H3/t24-,25+,26+/m0/s1. The highest BCUT2D eigenvalue weighted by Crippen LogP contribution is 2.50. The molecule has 5 rings (SSSR count). The molecule has 2 saturated heterocycles. The van der Waals surface area contributed by atoms with Gasteiger partial charge in [0.1, 0.15) is 29.2 Å². The van der Waals surface area contributed by atoms with Crippen LogP contribution in [-0.4, -0.2) is 38.7 Å². The molecule has 8 heteroatoms. The monoisotopic (exact) mass is 488 g/mol. The van der Waals surface area contributed by atoms with E-state index in [4.69, 9.17) is 19.0 Å². The van der Waals surface area contributed by atoms with Crippen molar-refractivity contribution in [3.05, 3.63) is 78.4 Å².